The Labute approximate surface area is 86.5 Å². The molecular weight excluding hydrogens is 194 g/mol. The van der Waals surface area contributed by atoms with E-state index in [-0.39, 0.29) is 0 Å². The maximum absolute atomic E-state index is 10.4. The summed E-state index contributed by atoms with van der Waals surface area (Å²) in [5, 5.41) is 3.58. The van der Waals surface area contributed by atoms with Gasteiger partial charge >= 0.3 is 0 Å². The second-order valence-corrected chi connectivity index (χ2v) is 2.94. The van der Waals surface area contributed by atoms with E-state index in [0.717, 1.165) is 5.56 Å². The highest BCUT2D eigenvalue weighted by Gasteiger charge is 2.18. The topological polar surface area (TPSA) is 52.3 Å². The van der Waals surface area contributed by atoms with Crippen LogP contribution in [-0.4, -0.2) is 11.6 Å². The maximum atomic E-state index is 10.4. The monoisotopic (exact) mass is 203 g/mol. The van der Waals surface area contributed by atoms with Gasteiger partial charge in [-0.05, 0) is 0 Å². The van der Waals surface area contributed by atoms with Gasteiger partial charge in [-0.15, -0.1) is 0 Å². The van der Waals surface area contributed by atoms with Crippen LogP contribution in [0.1, 0.15) is 17.4 Å². The van der Waals surface area contributed by atoms with E-state index < -0.39 is 6.10 Å². The van der Waals surface area contributed by atoms with Crippen molar-refractivity contribution in [3.63, 3.8) is 0 Å². The Hall–Kier alpha value is -2.10. The summed E-state index contributed by atoms with van der Waals surface area (Å²) in [7, 11) is 0. The first-order valence-corrected chi connectivity index (χ1v) is 4.46. The first kappa shape index (κ1) is 9.45. The Bertz CT molecular complexity index is 411. The molecule has 0 amide bonds. The summed E-state index contributed by atoms with van der Waals surface area (Å²) in [4.78, 5) is 10.4. The molecule has 0 aliphatic heterocycles. The number of rotatable bonds is 4. The van der Waals surface area contributed by atoms with Gasteiger partial charge in [0, 0.05) is 11.6 Å². The van der Waals surface area contributed by atoms with Gasteiger partial charge in [-0.25, -0.2) is 0 Å². The normalized spacial score (nSPS) is 12.0. The zero-order valence-corrected chi connectivity index (χ0v) is 7.87. The van der Waals surface area contributed by atoms with Crippen molar-refractivity contribution < 1.29 is 14.1 Å². The van der Waals surface area contributed by atoms with Crippen LogP contribution < -0.4 is 0 Å². The van der Waals surface area contributed by atoms with Crippen molar-refractivity contribution in [2.24, 2.45) is 0 Å². The van der Waals surface area contributed by atoms with Crippen LogP contribution in [0.15, 0.2) is 47.1 Å². The van der Waals surface area contributed by atoms with E-state index in [0.29, 0.717) is 12.2 Å². The number of carbonyl (C=O) groups excluding carboxylic acids is 1. The fourth-order valence-corrected chi connectivity index (χ4v) is 1.35. The van der Waals surface area contributed by atoms with E-state index in [1.165, 1.54) is 6.20 Å². The fraction of sp³-hybridized carbons (Fsp3) is 0.0909. The molecule has 1 heterocycles. The summed E-state index contributed by atoms with van der Waals surface area (Å²) in [5.74, 6) is 0.508. The molecule has 1 atom stereocenters. The van der Waals surface area contributed by atoms with Crippen molar-refractivity contribution in [3.05, 3.63) is 53.9 Å². The zero-order chi connectivity index (χ0) is 10.5. The van der Waals surface area contributed by atoms with Crippen LogP contribution in [0.25, 0.3) is 0 Å². The van der Waals surface area contributed by atoms with Gasteiger partial charge in [0.1, 0.15) is 0 Å². The molecule has 1 unspecified atom stereocenters. The summed E-state index contributed by atoms with van der Waals surface area (Å²) in [5.41, 5.74) is 0.848. The number of ether oxygens (including phenoxy) is 1. The van der Waals surface area contributed by atoms with E-state index in [1.54, 1.807) is 6.07 Å². The van der Waals surface area contributed by atoms with Crippen LogP contribution in [0.3, 0.4) is 0 Å². The van der Waals surface area contributed by atoms with Gasteiger partial charge in [0.15, 0.2) is 11.9 Å². The van der Waals surface area contributed by atoms with Gasteiger partial charge in [0.05, 0.1) is 6.20 Å². The molecule has 4 nitrogen and oxygen atoms in total. The molecule has 0 aliphatic carbocycles. The average molecular weight is 203 g/mol. The minimum atomic E-state index is -0.522. The number of benzene rings is 1. The summed E-state index contributed by atoms with van der Waals surface area (Å²) in [6, 6.07) is 11.0. The quantitative estimate of drug-likeness (QED) is 0.712. The number of hydrogen-bond donors (Lipinski definition) is 0. The molecule has 0 aliphatic rings. The Balaban J connectivity index is 2.32. The summed E-state index contributed by atoms with van der Waals surface area (Å²) >= 11 is 0. The van der Waals surface area contributed by atoms with Crippen LogP contribution in [0, 0.1) is 0 Å². The van der Waals surface area contributed by atoms with Crippen molar-refractivity contribution >= 4 is 6.47 Å². The van der Waals surface area contributed by atoms with Crippen LogP contribution in [-0.2, 0) is 9.53 Å². The van der Waals surface area contributed by atoms with Crippen molar-refractivity contribution in [3.8, 4) is 0 Å². The van der Waals surface area contributed by atoms with Gasteiger partial charge in [-0.1, -0.05) is 35.5 Å². The summed E-state index contributed by atoms with van der Waals surface area (Å²) in [6.07, 6.45) is 0.991. The standard InChI is InChI=1S/C11H9NO3/c13-8-14-11(10-6-7-12-15-10)9-4-2-1-3-5-9/h1-8,11H. The Morgan fingerprint density at radius 3 is 2.67 bits per heavy atom. The van der Waals surface area contributed by atoms with Crippen LogP contribution >= 0.6 is 0 Å². The highest BCUT2D eigenvalue weighted by atomic mass is 16.5. The lowest BCUT2D eigenvalue weighted by Crippen LogP contribution is -2.03. The van der Waals surface area contributed by atoms with E-state index in [4.69, 9.17) is 9.26 Å². The van der Waals surface area contributed by atoms with Crippen LogP contribution in [0.5, 0.6) is 0 Å². The lowest BCUT2D eigenvalue weighted by atomic mass is 10.1. The molecule has 76 valence electrons. The molecule has 0 fully saturated rings. The molecule has 0 N–H and O–H groups in total. The van der Waals surface area contributed by atoms with Gasteiger partial charge in [0.2, 0.25) is 0 Å². The maximum Gasteiger partial charge on any atom is 0.294 e. The molecule has 4 heteroatoms. The summed E-state index contributed by atoms with van der Waals surface area (Å²) < 4.78 is 9.93. The molecule has 0 bridgehead atoms. The third kappa shape index (κ3) is 2.04. The van der Waals surface area contributed by atoms with Crippen LogP contribution in [0.4, 0.5) is 0 Å². The highest BCUT2D eigenvalue weighted by Crippen LogP contribution is 2.24. The summed E-state index contributed by atoms with van der Waals surface area (Å²) in [6.45, 7) is 0.403. The van der Waals surface area contributed by atoms with Crippen LogP contribution in [0.2, 0.25) is 0 Å². The average Bonchev–Trinajstić information content (AvgIpc) is 2.80. The third-order valence-electron chi connectivity index (χ3n) is 2.01. The number of carbonyl (C=O) groups is 1. The number of nitrogens with zero attached hydrogens (tertiary/aromatic N) is 1. The second kappa shape index (κ2) is 4.41. The molecule has 1 aromatic heterocycles. The molecule has 2 rings (SSSR count). The lowest BCUT2D eigenvalue weighted by molar-refractivity contribution is -0.132. The van der Waals surface area contributed by atoms with Crippen molar-refractivity contribution in [1.29, 1.82) is 0 Å². The zero-order valence-electron chi connectivity index (χ0n) is 7.87. The Morgan fingerprint density at radius 1 is 1.27 bits per heavy atom. The minimum Gasteiger partial charge on any atom is -0.451 e. The van der Waals surface area contributed by atoms with Gasteiger partial charge in [-0.2, -0.15) is 0 Å². The SMILES string of the molecule is O=COC(c1ccccc1)c1ccno1. The molecular formula is C11H9NO3. The molecule has 0 saturated heterocycles. The molecule has 15 heavy (non-hydrogen) atoms. The second-order valence-electron chi connectivity index (χ2n) is 2.94. The molecule has 2 aromatic rings. The first-order chi connectivity index (χ1) is 7.42. The number of hydrogen-bond acceptors (Lipinski definition) is 4. The fourth-order valence-electron chi connectivity index (χ4n) is 1.35. The predicted molar refractivity (Wildman–Crippen MR) is 51.9 cm³/mol. The molecule has 0 spiro atoms. The van der Waals surface area contributed by atoms with Crippen molar-refractivity contribution in [1.82, 2.24) is 5.16 Å². The van der Waals surface area contributed by atoms with E-state index >= 15 is 0 Å². The van der Waals surface area contributed by atoms with Gasteiger partial charge in [0.25, 0.3) is 6.47 Å². The lowest BCUT2D eigenvalue weighted by Gasteiger charge is -2.11. The highest BCUT2D eigenvalue weighted by molar-refractivity contribution is 5.40. The number of aromatic nitrogens is 1. The van der Waals surface area contributed by atoms with Gasteiger partial charge < -0.3 is 9.26 Å². The third-order valence-corrected chi connectivity index (χ3v) is 2.01. The minimum absolute atomic E-state index is 0.403. The van der Waals surface area contributed by atoms with Crippen molar-refractivity contribution in [2.75, 3.05) is 0 Å². The first-order valence-electron chi connectivity index (χ1n) is 4.46. The van der Waals surface area contributed by atoms with E-state index in [9.17, 15) is 4.79 Å². The van der Waals surface area contributed by atoms with Gasteiger partial charge in [-0.3, -0.25) is 4.79 Å². The Morgan fingerprint density at radius 2 is 2.07 bits per heavy atom. The van der Waals surface area contributed by atoms with E-state index in [1.807, 2.05) is 30.3 Å². The largest absolute Gasteiger partial charge is 0.451 e. The molecule has 0 radical (unpaired) electrons. The smallest absolute Gasteiger partial charge is 0.294 e. The van der Waals surface area contributed by atoms with Crippen molar-refractivity contribution in [2.45, 2.75) is 6.10 Å². The Kier molecular flexibility index (Phi) is 2.78. The van der Waals surface area contributed by atoms with E-state index in [2.05, 4.69) is 5.16 Å². The predicted octanol–water partition coefficient (Wildman–Crippen LogP) is 1.94. The molecule has 0 saturated carbocycles. The molecule has 1 aromatic carbocycles.